The molecule has 0 amide bonds. The van der Waals surface area contributed by atoms with Crippen LogP contribution >= 0.6 is 0 Å². The van der Waals surface area contributed by atoms with E-state index in [0.717, 1.165) is 50.4 Å². The van der Waals surface area contributed by atoms with Crippen LogP contribution in [0.3, 0.4) is 0 Å². The fourth-order valence-corrected chi connectivity index (χ4v) is 4.11. The van der Waals surface area contributed by atoms with E-state index in [4.69, 9.17) is 4.98 Å². The monoisotopic (exact) mass is 349 g/mol. The van der Waals surface area contributed by atoms with Crippen LogP contribution in [-0.4, -0.2) is 38.6 Å². The summed E-state index contributed by atoms with van der Waals surface area (Å²) in [5, 5.41) is 10.6. The summed E-state index contributed by atoms with van der Waals surface area (Å²) >= 11 is 0. The molecule has 0 unspecified atom stereocenters. The maximum absolute atomic E-state index is 10.6. The van der Waals surface area contributed by atoms with Crippen LogP contribution in [0.4, 0.5) is 0 Å². The summed E-state index contributed by atoms with van der Waals surface area (Å²) in [4.78, 5) is 7.24. The van der Waals surface area contributed by atoms with E-state index in [1.54, 1.807) is 0 Å². The van der Waals surface area contributed by atoms with Crippen molar-refractivity contribution in [3.63, 3.8) is 0 Å². The number of nitrogens with zero attached hydrogens (tertiary/aromatic N) is 3. The van der Waals surface area contributed by atoms with E-state index in [2.05, 4.69) is 46.7 Å². The lowest BCUT2D eigenvalue weighted by molar-refractivity contribution is 0.0574. The first kappa shape index (κ1) is 17.3. The number of piperidine rings is 1. The van der Waals surface area contributed by atoms with E-state index in [0.29, 0.717) is 5.92 Å². The van der Waals surface area contributed by atoms with Gasteiger partial charge in [-0.1, -0.05) is 36.4 Å². The summed E-state index contributed by atoms with van der Waals surface area (Å²) in [5.41, 5.74) is 3.59. The molecule has 0 saturated carbocycles. The van der Waals surface area contributed by atoms with E-state index < -0.39 is 0 Å². The fourth-order valence-electron chi connectivity index (χ4n) is 4.11. The number of benzene rings is 1. The molecular formula is C22H27N3O. The Morgan fingerprint density at radius 3 is 2.58 bits per heavy atom. The Labute approximate surface area is 155 Å². The van der Waals surface area contributed by atoms with Crippen molar-refractivity contribution in [2.24, 2.45) is 5.92 Å². The Morgan fingerprint density at radius 2 is 1.81 bits per heavy atom. The zero-order chi connectivity index (χ0) is 17.9. The molecule has 1 fully saturated rings. The first-order valence-electron chi connectivity index (χ1n) is 9.57. The molecule has 2 aromatic heterocycles. The molecular weight excluding hydrogens is 322 g/mol. The standard InChI is InChI=1S/C22H27N3O/c1-17-23-20(21-9-5-6-12-25(17)21)16-24-13-10-19(11-14-24)22(26)15-18-7-3-2-4-8-18/h2-9,12,19,22,26H,10-11,13-16H2,1H3/t22-/m0/s1. The van der Waals surface area contributed by atoms with Crippen molar-refractivity contribution in [2.75, 3.05) is 13.1 Å². The predicted molar refractivity (Wildman–Crippen MR) is 104 cm³/mol. The van der Waals surface area contributed by atoms with Gasteiger partial charge in [-0.2, -0.15) is 0 Å². The van der Waals surface area contributed by atoms with E-state index in [9.17, 15) is 5.11 Å². The van der Waals surface area contributed by atoms with Crippen LogP contribution in [0.25, 0.3) is 5.52 Å². The van der Waals surface area contributed by atoms with Crippen LogP contribution in [0.1, 0.15) is 29.9 Å². The van der Waals surface area contributed by atoms with Gasteiger partial charge in [-0.15, -0.1) is 0 Å². The molecule has 3 aromatic rings. The lowest BCUT2D eigenvalue weighted by atomic mass is 9.88. The Morgan fingerprint density at radius 1 is 1.08 bits per heavy atom. The third-order valence-corrected chi connectivity index (χ3v) is 5.64. The van der Waals surface area contributed by atoms with Gasteiger partial charge in [0, 0.05) is 12.7 Å². The minimum atomic E-state index is -0.241. The first-order chi connectivity index (χ1) is 12.7. The molecule has 0 radical (unpaired) electrons. The van der Waals surface area contributed by atoms with Gasteiger partial charge in [0.1, 0.15) is 5.82 Å². The van der Waals surface area contributed by atoms with E-state index in [1.807, 2.05) is 24.3 Å². The van der Waals surface area contributed by atoms with Crippen LogP contribution < -0.4 is 0 Å². The second-order valence-corrected chi connectivity index (χ2v) is 7.43. The third-order valence-electron chi connectivity index (χ3n) is 5.64. The molecule has 26 heavy (non-hydrogen) atoms. The number of likely N-dealkylation sites (tertiary alicyclic amines) is 1. The summed E-state index contributed by atoms with van der Waals surface area (Å²) in [5.74, 6) is 1.44. The Bertz CT molecular complexity index is 850. The van der Waals surface area contributed by atoms with Crippen molar-refractivity contribution in [1.82, 2.24) is 14.3 Å². The summed E-state index contributed by atoms with van der Waals surface area (Å²) in [6.07, 6.45) is 4.71. The van der Waals surface area contributed by atoms with Gasteiger partial charge in [-0.3, -0.25) is 4.90 Å². The van der Waals surface area contributed by atoms with Gasteiger partial charge in [0.25, 0.3) is 0 Å². The summed E-state index contributed by atoms with van der Waals surface area (Å²) < 4.78 is 2.16. The molecule has 1 aromatic carbocycles. The number of rotatable bonds is 5. The van der Waals surface area contributed by atoms with Gasteiger partial charge in [0.15, 0.2) is 0 Å². The molecule has 4 heteroatoms. The maximum Gasteiger partial charge on any atom is 0.110 e. The summed E-state index contributed by atoms with van der Waals surface area (Å²) in [6, 6.07) is 16.6. The summed E-state index contributed by atoms with van der Waals surface area (Å²) in [6.45, 7) is 5.01. The van der Waals surface area contributed by atoms with E-state index in [-0.39, 0.29) is 6.10 Å². The third kappa shape index (κ3) is 3.67. The van der Waals surface area contributed by atoms with E-state index >= 15 is 0 Å². The van der Waals surface area contributed by atoms with Crippen LogP contribution in [0.15, 0.2) is 54.7 Å². The highest BCUT2D eigenvalue weighted by molar-refractivity contribution is 5.53. The fraction of sp³-hybridized carbons (Fsp3) is 0.409. The normalized spacial score (nSPS) is 17.6. The second kappa shape index (κ2) is 7.60. The van der Waals surface area contributed by atoms with Crippen LogP contribution in [0.2, 0.25) is 0 Å². The molecule has 4 rings (SSSR count). The molecule has 1 N–H and O–H groups in total. The van der Waals surface area contributed by atoms with Crippen LogP contribution in [-0.2, 0) is 13.0 Å². The number of pyridine rings is 1. The average molecular weight is 349 g/mol. The lowest BCUT2D eigenvalue weighted by Crippen LogP contribution is -2.38. The molecule has 1 atom stereocenters. The van der Waals surface area contributed by atoms with Gasteiger partial charge in [-0.25, -0.2) is 4.98 Å². The highest BCUT2D eigenvalue weighted by atomic mass is 16.3. The average Bonchev–Trinajstić information content (AvgIpc) is 2.99. The highest BCUT2D eigenvalue weighted by Crippen LogP contribution is 2.25. The zero-order valence-electron chi connectivity index (χ0n) is 15.4. The van der Waals surface area contributed by atoms with Gasteiger partial charge < -0.3 is 9.51 Å². The molecule has 1 aliphatic heterocycles. The van der Waals surface area contributed by atoms with Crippen LogP contribution in [0.5, 0.6) is 0 Å². The molecule has 0 spiro atoms. The number of hydrogen-bond acceptors (Lipinski definition) is 3. The minimum absolute atomic E-state index is 0.241. The predicted octanol–water partition coefficient (Wildman–Crippen LogP) is 3.46. The quantitative estimate of drug-likeness (QED) is 0.767. The van der Waals surface area contributed by atoms with Crippen molar-refractivity contribution in [1.29, 1.82) is 0 Å². The number of aryl methyl sites for hydroxylation is 1. The van der Waals surface area contributed by atoms with Crippen molar-refractivity contribution >= 4 is 5.52 Å². The van der Waals surface area contributed by atoms with Crippen molar-refractivity contribution in [3.05, 3.63) is 71.8 Å². The molecule has 4 nitrogen and oxygen atoms in total. The zero-order valence-corrected chi connectivity index (χ0v) is 15.4. The Balaban J connectivity index is 1.35. The van der Waals surface area contributed by atoms with Crippen LogP contribution in [0, 0.1) is 12.8 Å². The number of fused-ring (bicyclic) bond motifs is 1. The molecule has 1 aliphatic rings. The van der Waals surface area contributed by atoms with Gasteiger partial charge in [0.05, 0.1) is 17.3 Å². The molecule has 3 heterocycles. The lowest BCUT2D eigenvalue weighted by Gasteiger charge is -2.34. The maximum atomic E-state index is 10.6. The van der Waals surface area contributed by atoms with Crippen molar-refractivity contribution < 1.29 is 5.11 Å². The number of aliphatic hydroxyl groups is 1. The van der Waals surface area contributed by atoms with Gasteiger partial charge in [-0.05, 0) is 62.9 Å². The number of aromatic nitrogens is 2. The highest BCUT2D eigenvalue weighted by Gasteiger charge is 2.26. The topological polar surface area (TPSA) is 40.8 Å². The van der Waals surface area contributed by atoms with Gasteiger partial charge >= 0.3 is 0 Å². The largest absolute Gasteiger partial charge is 0.392 e. The molecule has 136 valence electrons. The van der Waals surface area contributed by atoms with Gasteiger partial charge in [0.2, 0.25) is 0 Å². The Kier molecular flexibility index (Phi) is 5.05. The van der Waals surface area contributed by atoms with E-state index in [1.165, 1.54) is 11.1 Å². The minimum Gasteiger partial charge on any atom is -0.392 e. The smallest absolute Gasteiger partial charge is 0.110 e. The number of aliphatic hydroxyl groups excluding tert-OH is 1. The number of hydrogen-bond donors (Lipinski definition) is 1. The molecule has 0 bridgehead atoms. The van der Waals surface area contributed by atoms with Crippen molar-refractivity contribution in [3.8, 4) is 0 Å². The SMILES string of the molecule is Cc1nc(CN2CCC([C@@H](O)Cc3ccccc3)CC2)c2ccccn12. The second-order valence-electron chi connectivity index (χ2n) is 7.43. The molecule has 0 aliphatic carbocycles. The first-order valence-corrected chi connectivity index (χ1v) is 9.57. The number of imidazole rings is 1. The Hall–Kier alpha value is -2.17. The molecule has 1 saturated heterocycles. The van der Waals surface area contributed by atoms with Crippen molar-refractivity contribution in [2.45, 2.75) is 38.8 Å². The summed E-state index contributed by atoms with van der Waals surface area (Å²) in [7, 11) is 0.